The quantitative estimate of drug-likeness (QED) is 0.805. The first-order valence-corrected chi connectivity index (χ1v) is 5.69. The Labute approximate surface area is 100 Å². The minimum atomic E-state index is -0.377. The van der Waals surface area contributed by atoms with Crippen LogP contribution in [0.2, 0.25) is 0 Å². The summed E-state index contributed by atoms with van der Waals surface area (Å²) in [5.41, 5.74) is 0.459. The van der Waals surface area contributed by atoms with Gasteiger partial charge in [-0.3, -0.25) is 0 Å². The zero-order valence-electron chi connectivity index (χ0n) is 9.81. The molecule has 0 spiro atoms. The molecule has 92 valence electrons. The van der Waals surface area contributed by atoms with Crippen molar-refractivity contribution in [3.8, 4) is 0 Å². The third-order valence-electron chi connectivity index (χ3n) is 2.71. The largest absolute Gasteiger partial charge is 0.465 e. The fraction of sp³-hybridized carbons (Fsp3) is 0.500. The van der Waals surface area contributed by atoms with Crippen LogP contribution in [-0.2, 0) is 9.47 Å². The molecule has 17 heavy (non-hydrogen) atoms. The third kappa shape index (κ3) is 2.94. The molecular weight excluding hydrogens is 220 g/mol. The highest BCUT2D eigenvalue weighted by atomic mass is 16.5. The summed E-state index contributed by atoms with van der Waals surface area (Å²) < 4.78 is 10.1. The minimum absolute atomic E-state index is 0.210. The van der Waals surface area contributed by atoms with Crippen molar-refractivity contribution in [1.29, 1.82) is 0 Å². The van der Waals surface area contributed by atoms with Gasteiger partial charge in [-0.2, -0.15) is 0 Å². The van der Waals surface area contributed by atoms with Crippen molar-refractivity contribution in [3.05, 3.63) is 23.9 Å². The van der Waals surface area contributed by atoms with E-state index in [1.54, 1.807) is 18.3 Å². The lowest BCUT2D eigenvalue weighted by Gasteiger charge is -2.24. The van der Waals surface area contributed by atoms with Crippen LogP contribution in [0.1, 0.15) is 23.2 Å². The molecule has 1 aromatic heterocycles. The molecule has 2 rings (SSSR count). The van der Waals surface area contributed by atoms with Crippen molar-refractivity contribution in [3.63, 3.8) is 0 Å². The van der Waals surface area contributed by atoms with E-state index in [1.165, 1.54) is 7.11 Å². The van der Waals surface area contributed by atoms with Crippen LogP contribution in [0.4, 0.5) is 5.82 Å². The van der Waals surface area contributed by atoms with Gasteiger partial charge in [-0.25, -0.2) is 9.78 Å². The number of methoxy groups -OCH3 is 1. The molecule has 1 saturated heterocycles. The number of pyridine rings is 1. The van der Waals surface area contributed by atoms with Crippen molar-refractivity contribution in [2.24, 2.45) is 0 Å². The normalized spacial score (nSPS) is 19.7. The number of nitrogens with zero attached hydrogens (tertiary/aromatic N) is 1. The SMILES string of the molecule is COC(=O)c1cccnc1NC1CCCOC1. The Morgan fingerprint density at radius 2 is 2.53 bits per heavy atom. The topological polar surface area (TPSA) is 60.5 Å². The first-order chi connectivity index (χ1) is 8.31. The van der Waals surface area contributed by atoms with E-state index >= 15 is 0 Å². The van der Waals surface area contributed by atoms with Gasteiger partial charge in [0.15, 0.2) is 0 Å². The monoisotopic (exact) mass is 236 g/mol. The van der Waals surface area contributed by atoms with Gasteiger partial charge < -0.3 is 14.8 Å². The van der Waals surface area contributed by atoms with Crippen molar-refractivity contribution >= 4 is 11.8 Å². The second-order valence-corrected chi connectivity index (χ2v) is 3.95. The fourth-order valence-corrected chi connectivity index (χ4v) is 1.84. The molecule has 1 unspecified atom stereocenters. The molecule has 0 amide bonds. The van der Waals surface area contributed by atoms with E-state index in [-0.39, 0.29) is 12.0 Å². The molecule has 0 saturated carbocycles. The number of nitrogens with one attached hydrogen (secondary N) is 1. The molecule has 0 bridgehead atoms. The number of anilines is 1. The van der Waals surface area contributed by atoms with Gasteiger partial charge in [0.2, 0.25) is 0 Å². The summed E-state index contributed by atoms with van der Waals surface area (Å²) in [5, 5.41) is 3.23. The van der Waals surface area contributed by atoms with Crippen LogP contribution in [-0.4, -0.2) is 37.3 Å². The smallest absolute Gasteiger partial charge is 0.341 e. The summed E-state index contributed by atoms with van der Waals surface area (Å²) in [7, 11) is 1.36. The first kappa shape index (κ1) is 11.9. The summed E-state index contributed by atoms with van der Waals surface area (Å²) in [6, 6.07) is 3.63. The highest BCUT2D eigenvalue weighted by molar-refractivity contribution is 5.94. The van der Waals surface area contributed by atoms with Crippen LogP contribution >= 0.6 is 0 Å². The number of hydrogen-bond donors (Lipinski definition) is 1. The standard InChI is InChI=1S/C12H16N2O3/c1-16-12(15)10-5-2-6-13-11(10)14-9-4-3-7-17-8-9/h2,5-6,9H,3-4,7-8H2,1H3,(H,13,14). The molecule has 1 atom stereocenters. The van der Waals surface area contributed by atoms with E-state index in [0.717, 1.165) is 19.4 Å². The molecule has 1 N–H and O–H groups in total. The van der Waals surface area contributed by atoms with Crippen LogP contribution in [0.3, 0.4) is 0 Å². The molecular formula is C12H16N2O3. The van der Waals surface area contributed by atoms with Crippen LogP contribution < -0.4 is 5.32 Å². The summed E-state index contributed by atoms with van der Waals surface area (Å²) in [6.07, 6.45) is 3.70. The number of aromatic nitrogens is 1. The van der Waals surface area contributed by atoms with Gasteiger partial charge in [0, 0.05) is 12.8 Å². The maximum Gasteiger partial charge on any atom is 0.341 e. The average molecular weight is 236 g/mol. The van der Waals surface area contributed by atoms with Crippen molar-refractivity contribution in [2.45, 2.75) is 18.9 Å². The first-order valence-electron chi connectivity index (χ1n) is 5.69. The third-order valence-corrected chi connectivity index (χ3v) is 2.71. The lowest BCUT2D eigenvalue weighted by atomic mass is 10.1. The maximum atomic E-state index is 11.5. The number of ether oxygens (including phenoxy) is 2. The van der Waals surface area contributed by atoms with E-state index in [1.807, 2.05) is 0 Å². The van der Waals surface area contributed by atoms with Gasteiger partial charge in [-0.05, 0) is 25.0 Å². The Morgan fingerprint density at radius 1 is 1.65 bits per heavy atom. The van der Waals surface area contributed by atoms with E-state index in [0.29, 0.717) is 18.0 Å². The summed E-state index contributed by atoms with van der Waals surface area (Å²) in [6.45, 7) is 1.46. The average Bonchev–Trinajstić information content (AvgIpc) is 2.40. The maximum absolute atomic E-state index is 11.5. The Balaban J connectivity index is 2.11. The number of carbonyl (C=O) groups is 1. The predicted molar refractivity (Wildman–Crippen MR) is 63.0 cm³/mol. The molecule has 1 aliphatic heterocycles. The van der Waals surface area contributed by atoms with Gasteiger partial charge in [-0.15, -0.1) is 0 Å². The number of esters is 1. The Bertz CT molecular complexity index is 389. The summed E-state index contributed by atoms with van der Waals surface area (Å²) in [4.78, 5) is 15.7. The van der Waals surface area contributed by atoms with Crippen molar-refractivity contribution in [1.82, 2.24) is 4.98 Å². The number of carbonyl (C=O) groups excluding carboxylic acids is 1. The van der Waals surface area contributed by atoms with Crippen LogP contribution in [0.15, 0.2) is 18.3 Å². The van der Waals surface area contributed by atoms with Gasteiger partial charge in [0.05, 0.1) is 19.8 Å². The molecule has 0 radical (unpaired) electrons. The molecule has 0 aromatic carbocycles. The lowest BCUT2D eigenvalue weighted by molar-refractivity contribution is 0.0600. The predicted octanol–water partition coefficient (Wildman–Crippen LogP) is 1.46. The second kappa shape index (κ2) is 5.63. The molecule has 0 aliphatic carbocycles. The zero-order valence-corrected chi connectivity index (χ0v) is 9.81. The highest BCUT2D eigenvalue weighted by Gasteiger charge is 2.18. The van der Waals surface area contributed by atoms with E-state index in [2.05, 4.69) is 10.3 Å². The van der Waals surface area contributed by atoms with Crippen LogP contribution in [0.25, 0.3) is 0 Å². The van der Waals surface area contributed by atoms with Crippen LogP contribution in [0.5, 0.6) is 0 Å². The van der Waals surface area contributed by atoms with E-state index in [9.17, 15) is 4.79 Å². The molecule has 5 nitrogen and oxygen atoms in total. The minimum Gasteiger partial charge on any atom is -0.465 e. The van der Waals surface area contributed by atoms with E-state index in [4.69, 9.17) is 9.47 Å². The number of rotatable bonds is 3. The van der Waals surface area contributed by atoms with Crippen molar-refractivity contribution in [2.75, 3.05) is 25.6 Å². The highest BCUT2D eigenvalue weighted by Crippen LogP contribution is 2.17. The molecule has 1 aromatic rings. The number of hydrogen-bond acceptors (Lipinski definition) is 5. The molecule has 2 heterocycles. The zero-order chi connectivity index (χ0) is 12.1. The van der Waals surface area contributed by atoms with Crippen molar-refractivity contribution < 1.29 is 14.3 Å². The second-order valence-electron chi connectivity index (χ2n) is 3.95. The summed E-state index contributed by atoms with van der Waals surface area (Å²) in [5.74, 6) is 0.187. The lowest BCUT2D eigenvalue weighted by Crippen LogP contribution is -2.31. The molecule has 5 heteroatoms. The van der Waals surface area contributed by atoms with E-state index < -0.39 is 0 Å². The summed E-state index contributed by atoms with van der Waals surface area (Å²) >= 11 is 0. The fourth-order valence-electron chi connectivity index (χ4n) is 1.84. The molecule has 1 aliphatic rings. The Kier molecular flexibility index (Phi) is 3.93. The van der Waals surface area contributed by atoms with Crippen LogP contribution in [0, 0.1) is 0 Å². The molecule has 1 fully saturated rings. The Morgan fingerprint density at radius 3 is 3.24 bits per heavy atom. The Hall–Kier alpha value is -1.62. The van der Waals surface area contributed by atoms with Gasteiger partial charge in [0.1, 0.15) is 11.4 Å². The van der Waals surface area contributed by atoms with Gasteiger partial charge >= 0.3 is 5.97 Å². The van der Waals surface area contributed by atoms with Gasteiger partial charge in [0.25, 0.3) is 0 Å². The van der Waals surface area contributed by atoms with Gasteiger partial charge in [-0.1, -0.05) is 0 Å².